The average molecular weight is 473 g/mol. The van der Waals surface area contributed by atoms with Crippen LogP contribution in [-0.2, 0) is 4.74 Å². The van der Waals surface area contributed by atoms with Gasteiger partial charge in [-0.3, -0.25) is 9.67 Å². The highest BCUT2D eigenvalue weighted by molar-refractivity contribution is 14.1. The van der Waals surface area contributed by atoms with Gasteiger partial charge in [-0.15, -0.1) is 0 Å². The summed E-state index contributed by atoms with van der Waals surface area (Å²) < 4.78 is 8.17. The van der Waals surface area contributed by atoms with Crippen molar-refractivity contribution in [3.05, 3.63) is 21.7 Å². The van der Waals surface area contributed by atoms with Gasteiger partial charge in [-0.25, -0.2) is 4.79 Å². The number of hydrogen-bond donors (Lipinski definition) is 2. The van der Waals surface area contributed by atoms with E-state index >= 15 is 0 Å². The number of ether oxygens (including phenoxy) is 1. The minimum Gasteiger partial charge on any atom is -0.444 e. The molecule has 1 aliphatic rings. The van der Waals surface area contributed by atoms with E-state index in [2.05, 4.69) is 32.7 Å². The first-order chi connectivity index (χ1) is 12.2. The van der Waals surface area contributed by atoms with Gasteiger partial charge in [0.1, 0.15) is 15.5 Å². The molecule has 1 saturated heterocycles. The third kappa shape index (κ3) is 3.94. The molecule has 1 fully saturated rings. The molecule has 0 saturated carbocycles. The largest absolute Gasteiger partial charge is 0.444 e. The number of amides is 1. The van der Waals surface area contributed by atoms with Gasteiger partial charge in [0, 0.05) is 31.0 Å². The molecular formula is C17H24IN5O3. The van der Waals surface area contributed by atoms with Crippen molar-refractivity contribution in [3.8, 4) is 0 Å². The van der Waals surface area contributed by atoms with Gasteiger partial charge in [0.05, 0.1) is 16.9 Å². The number of carbonyl (C=O) groups is 1. The second-order valence-corrected chi connectivity index (χ2v) is 8.55. The van der Waals surface area contributed by atoms with Gasteiger partial charge in [0.15, 0.2) is 0 Å². The van der Waals surface area contributed by atoms with Crippen LogP contribution in [0.1, 0.15) is 51.4 Å². The molecule has 1 unspecified atom stereocenters. The minimum absolute atomic E-state index is 0.0119. The molecule has 3 heterocycles. The maximum atomic E-state index is 12.4. The number of carbonyl (C=O) groups excluding carboxylic acids is 1. The van der Waals surface area contributed by atoms with Crippen LogP contribution in [0.3, 0.4) is 0 Å². The van der Waals surface area contributed by atoms with Gasteiger partial charge in [-0.1, -0.05) is 0 Å². The molecule has 0 aromatic carbocycles. The van der Waals surface area contributed by atoms with E-state index in [9.17, 15) is 9.90 Å². The lowest BCUT2D eigenvalue weighted by molar-refractivity contribution is 0.0169. The molecule has 142 valence electrons. The van der Waals surface area contributed by atoms with E-state index < -0.39 is 11.8 Å². The van der Waals surface area contributed by atoms with Gasteiger partial charge in [0.2, 0.25) is 0 Å². The maximum absolute atomic E-state index is 12.4. The molecule has 2 aromatic heterocycles. The van der Waals surface area contributed by atoms with Crippen molar-refractivity contribution in [2.75, 3.05) is 13.1 Å². The van der Waals surface area contributed by atoms with E-state index in [4.69, 9.17) is 10.5 Å². The molecule has 0 aliphatic carbocycles. The maximum Gasteiger partial charge on any atom is 0.410 e. The summed E-state index contributed by atoms with van der Waals surface area (Å²) in [6.07, 6.45) is 3.58. The molecule has 9 heteroatoms. The number of nitrogens with zero attached hydrogens (tertiary/aromatic N) is 4. The number of nitrogens with two attached hydrogens (primary N) is 1. The highest BCUT2D eigenvalue weighted by Gasteiger charge is 2.30. The molecule has 2 atom stereocenters. The van der Waals surface area contributed by atoms with Crippen LogP contribution in [0.4, 0.5) is 4.79 Å². The van der Waals surface area contributed by atoms with Crippen molar-refractivity contribution in [2.45, 2.75) is 51.5 Å². The number of aliphatic hydroxyl groups excluding tert-OH is 1. The highest BCUT2D eigenvalue weighted by atomic mass is 127. The highest BCUT2D eigenvalue weighted by Crippen LogP contribution is 2.31. The first kappa shape index (κ1) is 19.3. The van der Waals surface area contributed by atoms with E-state index in [1.54, 1.807) is 17.3 Å². The minimum atomic E-state index is -1.14. The normalized spacial score (nSPS) is 19.6. The monoisotopic (exact) mass is 473 g/mol. The number of rotatable bonds is 2. The van der Waals surface area contributed by atoms with Crippen LogP contribution < -0.4 is 5.73 Å². The van der Waals surface area contributed by atoms with Gasteiger partial charge < -0.3 is 20.5 Å². The Labute approximate surface area is 165 Å². The summed E-state index contributed by atoms with van der Waals surface area (Å²) in [7, 11) is 0. The summed E-state index contributed by atoms with van der Waals surface area (Å²) in [6, 6.07) is -0.0119. The van der Waals surface area contributed by atoms with Crippen molar-refractivity contribution >= 4 is 39.6 Å². The topological polar surface area (TPSA) is 106 Å². The summed E-state index contributed by atoms with van der Waals surface area (Å²) in [4.78, 5) is 18.3. The van der Waals surface area contributed by atoms with E-state index in [1.807, 2.05) is 25.5 Å². The lowest BCUT2D eigenvalue weighted by Crippen LogP contribution is -2.43. The fraction of sp³-hybridized carbons (Fsp3) is 0.588. The Bertz CT molecular complexity index is 815. The predicted molar refractivity (Wildman–Crippen MR) is 105 cm³/mol. The van der Waals surface area contributed by atoms with Gasteiger partial charge >= 0.3 is 6.09 Å². The zero-order valence-corrected chi connectivity index (χ0v) is 17.3. The Morgan fingerprint density at radius 1 is 1.46 bits per heavy atom. The first-order valence-electron chi connectivity index (χ1n) is 8.60. The van der Waals surface area contributed by atoms with Crippen molar-refractivity contribution < 1.29 is 14.6 Å². The van der Waals surface area contributed by atoms with Crippen LogP contribution in [-0.4, -0.2) is 49.6 Å². The van der Waals surface area contributed by atoms with Crippen LogP contribution in [0.15, 0.2) is 12.4 Å². The fourth-order valence-electron chi connectivity index (χ4n) is 3.20. The van der Waals surface area contributed by atoms with Crippen LogP contribution in [0.5, 0.6) is 0 Å². The standard InChI is InChI=1S/C17H24IN5O3/c1-17(2,3)26-16(25)22-6-4-5-10(9-22)23-13-11(14(18)21-23)7-20-8-12(13)15(19)24/h7-8,10,15,24H,4-6,9,19H2,1-3H3/t10-,15?/m1/s1. The molecule has 3 N–H and O–H groups in total. The smallest absolute Gasteiger partial charge is 0.410 e. The molecule has 0 bridgehead atoms. The fourth-order valence-corrected chi connectivity index (χ4v) is 3.83. The molecule has 26 heavy (non-hydrogen) atoms. The zero-order chi connectivity index (χ0) is 19.1. The Morgan fingerprint density at radius 3 is 2.85 bits per heavy atom. The molecule has 3 rings (SSSR count). The molecule has 0 spiro atoms. The zero-order valence-electron chi connectivity index (χ0n) is 15.1. The van der Waals surface area contributed by atoms with Crippen molar-refractivity contribution in [1.82, 2.24) is 19.7 Å². The third-order valence-corrected chi connectivity index (χ3v) is 5.10. The summed E-state index contributed by atoms with van der Waals surface area (Å²) in [5.74, 6) is 0. The third-order valence-electron chi connectivity index (χ3n) is 4.31. The molecule has 0 radical (unpaired) electrons. The number of pyridine rings is 1. The van der Waals surface area contributed by atoms with E-state index in [0.29, 0.717) is 18.7 Å². The first-order valence-corrected chi connectivity index (χ1v) is 9.68. The molecule has 1 aliphatic heterocycles. The van der Waals surface area contributed by atoms with Gasteiger partial charge in [-0.05, 0) is 56.2 Å². The van der Waals surface area contributed by atoms with E-state index in [-0.39, 0.29) is 12.1 Å². The summed E-state index contributed by atoms with van der Waals surface area (Å²) in [6.45, 7) is 6.74. The van der Waals surface area contributed by atoms with E-state index in [0.717, 1.165) is 27.4 Å². The number of aliphatic hydroxyl groups is 1. The quantitative estimate of drug-likeness (QED) is 0.513. The molecular weight excluding hydrogens is 449 g/mol. The van der Waals surface area contributed by atoms with Crippen LogP contribution in [0, 0.1) is 3.70 Å². The lowest BCUT2D eigenvalue weighted by atomic mass is 10.1. The Kier molecular flexibility index (Phi) is 5.40. The lowest BCUT2D eigenvalue weighted by Gasteiger charge is -2.34. The predicted octanol–water partition coefficient (Wildman–Crippen LogP) is 2.56. The molecule has 2 aromatic rings. The van der Waals surface area contributed by atoms with Crippen LogP contribution >= 0.6 is 22.6 Å². The number of piperidine rings is 1. The number of halogens is 1. The SMILES string of the molecule is CC(C)(C)OC(=O)N1CCC[C@@H](n2nc(I)c3cncc(C(N)O)c32)C1. The summed E-state index contributed by atoms with van der Waals surface area (Å²) >= 11 is 2.15. The average Bonchev–Trinajstić information content (AvgIpc) is 2.90. The van der Waals surface area contributed by atoms with Crippen molar-refractivity contribution in [2.24, 2.45) is 5.73 Å². The number of likely N-dealkylation sites (tertiary alicyclic amines) is 1. The second kappa shape index (κ2) is 7.28. The van der Waals surface area contributed by atoms with Gasteiger partial charge in [-0.2, -0.15) is 5.10 Å². The summed E-state index contributed by atoms with van der Waals surface area (Å²) in [5, 5.41) is 15.4. The number of hydrogen-bond acceptors (Lipinski definition) is 6. The van der Waals surface area contributed by atoms with Crippen LogP contribution in [0.25, 0.3) is 10.9 Å². The van der Waals surface area contributed by atoms with Gasteiger partial charge in [0.25, 0.3) is 0 Å². The number of fused-ring (bicyclic) bond motifs is 1. The Hall–Kier alpha value is -1.46. The summed E-state index contributed by atoms with van der Waals surface area (Å²) in [5.41, 5.74) is 6.50. The van der Waals surface area contributed by atoms with Crippen molar-refractivity contribution in [1.29, 1.82) is 0 Å². The number of aromatic nitrogens is 3. The molecule has 1 amide bonds. The Balaban J connectivity index is 1.93. The van der Waals surface area contributed by atoms with Crippen LogP contribution in [0.2, 0.25) is 0 Å². The van der Waals surface area contributed by atoms with Crippen molar-refractivity contribution in [3.63, 3.8) is 0 Å². The molecule has 8 nitrogen and oxygen atoms in total. The van der Waals surface area contributed by atoms with E-state index in [1.165, 1.54) is 0 Å². The Morgan fingerprint density at radius 2 is 2.19 bits per heavy atom. The second-order valence-electron chi connectivity index (χ2n) is 7.53.